The highest BCUT2D eigenvalue weighted by atomic mass is 19.3. The molecule has 0 fully saturated rings. The van der Waals surface area contributed by atoms with E-state index >= 15 is 0 Å². The van der Waals surface area contributed by atoms with Crippen molar-refractivity contribution in [3.63, 3.8) is 0 Å². The number of halogens is 4. The molecule has 10 nitrogen and oxygen atoms in total. The van der Waals surface area contributed by atoms with Crippen molar-refractivity contribution >= 4 is 11.7 Å². The molecule has 0 saturated heterocycles. The average molecular weight is 482 g/mol. The molecule has 180 valence electrons. The Morgan fingerprint density at radius 1 is 0.971 bits per heavy atom. The van der Waals surface area contributed by atoms with E-state index in [1.807, 2.05) is 5.32 Å². The van der Waals surface area contributed by atoms with Crippen molar-refractivity contribution in [2.24, 2.45) is 0 Å². The Kier molecular flexibility index (Phi) is 6.98. The lowest BCUT2D eigenvalue weighted by molar-refractivity contribution is -0.624. The molecular formula is C20H18F4N6O4. The fourth-order valence-corrected chi connectivity index (χ4v) is 2.91. The number of nitrogens with zero attached hydrogens (tertiary/aromatic N) is 4. The van der Waals surface area contributed by atoms with Gasteiger partial charge in [0.25, 0.3) is 16.9 Å². The Morgan fingerprint density at radius 2 is 1.53 bits per heavy atom. The van der Waals surface area contributed by atoms with E-state index in [4.69, 9.17) is 0 Å². The predicted molar refractivity (Wildman–Crippen MR) is 109 cm³/mol. The lowest BCUT2D eigenvalue weighted by Crippen LogP contribution is -2.45. The van der Waals surface area contributed by atoms with Gasteiger partial charge in [0.1, 0.15) is 6.54 Å². The van der Waals surface area contributed by atoms with Crippen molar-refractivity contribution in [3.8, 4) is 0 Å². The van der Waals surface area contributed by atoms with Crippen LogP contribution in [0.4, 0.5) is 23.4 Å². The van der Waals surface area contributed by atoms with E-state index in [0.717, 1.165) is 41.5 Å². The van der Waals surface area contributed by atoms with Gasteiger partial charge in [0.2, 0.25) is 5.91 Å². The van der Waals surface area contributed by atoms with Crippen LogP contribution in [0.25, 0.3) is 0 Å². The van der Waals surface area contributed by atoms with E-state index in [0.29, 0.717) is 0 Å². The molecule has 0 aliphatic carbocycles. The summed E-state index contributed by atoms with van der Waals surface area (Å²) in [5.74, 6) is -8.87. The smallest absolute Gasteiger partial charge is 0.347 e. The van der Waals surface area contributed by atoms with Crippen molar-refractivity contribution in [1.82, 2.24) is 14.9 Å². The molecule has 0 unspecified atom stereocenters. The molecule has 3 heterocycles. The van der Waals surface area contributed by atoms with Crippen LogP contribution in [0.15, 0.2) is 66.0 Å². The normalized spacial score (nSPS) is 11.8. The summed E-state index contributed by atoms with van der Waals surface area (Å²) < 4.78 is 57.9. The van der Waals surface area contributed by atoms with E-state index < -0.39 is 60.2 Å². The molecule has 34 heavy (non-hydrogen) atoms. The third kappa shape index (κ3) is 5.57. The van der Waals surface area contributed by atoms with Gasteiger partial charge in [-0.1, -0.05) is 0 Å². The Balaban J connectivity index is 1.64. The number of hydrogen-bond acceptors (Lipinski definition) is 6. The van der Waals surface area contributed by atoms with E-state index in [1.54, 1.807) is 0 Å². The minimum atomic E-state index is -3.68. The van der Waals surface area contributed by atoms with E-state index in [1.165, 1.54) is 24.3 Å². The van der Waals surface area contributed by atoms with Crippen molar-refractivity contribution in [3.05, 3.63) is 93.3 Å². The maximum Gasteiger partial charge on any atom is 0.347 e. The molecule has 3 aromatic rings. The zero-order valence-corrected chi connectivity index (χ0v) is 17.3. The molecule has 0 aliphatic heterocycles. The van der Waals surface area contributed by atoms with Crippen LogP contribution in [0, 0.1) is 10.4 Å². The third-order valence-corrected chi connectivity index (χ3v) is 4.61. The number of aromatic nitrogens is 4. The number of nitrogens with one attached hydrogen (secondary N) is 2. The first-order chi connectivity index (χ1) is 16.0. The number of amides is 1. The molecule has 3 rings (SSSR count). The van der Waals surface area contributed by atoms with Gasteiger partial charge in [0.15, 0.2) is 18.2 Å². The standard InChI is InChI=1S/C20H18F4N6O4/c21-19(22,14-5-1-3-8-29(14)33)12-26-16(31)11-28-10-7-25-17(18(28)32)27-13-20(23,24)15-6-2-4-9-30(15)34/h1-10H,11-13H2,(H,25,27)(H,26,31). The second-order valence-corrected chi connectivity index (χ2v) is 7.07. The summed E-state index contributed by atoms with van der Waals surface area (Å²) >= 11 is 0. The van der Waals surface area contributed by atoms with Crippen molar-refractivity contribution < 1.29 is 31.8 Å². The zero-order chi connectivity index (χ0) is 24.9. The maximum absolute atomic E-state index is 14.3. The molecule has 14 heteroatoms. The van der Waals surface area contributed by atoms with Gasteiger partial charge in [0, 0.05) is 36.7 Å². The molecular weight excluding hydrogens is 464 g/mol. The minimum absolute atomic E-state index is 0.0116. The molecule has 0 aromatic carbocycles. The molecule has 2 N–H and O–H groups in total. The number of carbonyl (C=O) groups excluding carboxylic acids is 1. The van der Waals surface area contributed by atoms with Gasteiger partial charge in [-0.05, 0) is 12.1 Å². The van der Waals surface area contributed by atoms with Crippen LogP contribution in [0.3, 0.4) is 0 Å². The topological polar surface area (TPSA) is 130 Å². The Hall–Kier alpha value is -4.23. The van der Waals surface area contributed by atoms with Gasteiger partial charge < -0.3 is 25.6 Å². The monoisotopic (exact) mass is 482 g/mol. The first kappa shape index (κ1) is 24.4. The summed E-state index contributed by atoms with van der Waals surface area (Å²) in [4.78, 5) is 28.2. The van der Waals surface area contributed by atoms with Crippen LogP contribution >= 0.6 is 0 Å². The van der Waals surface area contributed by atoms with Crippen LogP contribution in [-0.4, -0.2) is 28.5 Å². The molecule has 1 amide bonds. The van der Waals surface area contributed by atoms with Crippen LogP contribution in [0.2, 0.25) is 0 Å². The Bertz CT molecular complexity index is 1240. The number of hydrogen-bond donors (Lipinski definition) is 2. The second-order valence-electron chi connectivity index (χ2n) is 7.07. The number of pyridine rings is 2. The summed E-state index contributed by atoms with van der Waals surface area (Å²) in [6.07, 6.45) is 3.89. The molecule has 0 radical (unpaired) electrons. The van der Waals surface area contributed by atoms with Crippen LogP contribution < -0.4 is 25.7 Å². The third-order valence-electron chi connectivity index (χ3n) is 4.61. The average Bonchev–Trinajstić information content (AvgIpc) is 2.79. The molecule has 0 saturated carbocycles. The summed E-state index contributed by atoms with van der Waals surface area (Å²) in [6.45, 7) is -3.06. The number of alkyl halides is 4. The predicted octanol–water partition coefficient (Wildman–Crippen LogP) is 0.622. The van der Waals surface area contributed by atoms with Gasteiger partial charge in [-0.15, -0.1) is 0 Å². The van der Waals surface area contributed by atoms with Gasteiger partial charge in [-0.3, -0.25) is 9.59 Å². The van der Waals surface area contributed by atoms with Crippen LogP contribution in [-0.2, 0) is 23.2 Å². The fourth-order valence-electron chi connectivity index (χ4n) is 2.91. The fraction of sp³-hybridized carbons (Fsp3) is 0.250. The molecule has 3 aromatic heterocycles. The van der Waals surface area contributed by atoms with Gasteiger partial charge in [-0.25, -0.2) is 4.98 Å². The van der Waals surface area contributed by atoms with E-state index in [2.05, 4.69) is 10.3 Å². The highest BCUT2D eigenvalue weighted by molar-refractivity contribution is 5.75. The summed E-state index contributed by atoms with van der Waals surface area (Å²) in [5.41, 5.74) is -2.69. The Labute approximate surface area is 189 Å². The zero-order valence-electron chi connectivity index (χ0n) is 17.3. The highest BCUT2D eigenvalue weighted by Gasteiger charge is 2.40. The van der Waals surface area contributed by atoms with Crippen molar-refractivity contribution in [2.45, 2.75) is 18.4 Å². The van der Waals surface area contributed by atoms with E-state index in [-0.39, 0.29) is 9.46 Å². The van der Waals surface area contributed by atoms with Crippen molar-refractivity contribution in [1.29, 1.82) is 0 Å². The minimum Gasteiger partial charge on any atom is -0.618 e. The van der Waals surface area contributed by atoms with Gasteiger partial charge in [-0.2, -0.15) is 27.0 Å². The largest absolute Gasteiger partial charge is 0.618 e. The number of rotatable bonds is 9. The first-order valence-corrected chi connectivity index (χ1v) is 9.70. The number of anilines is 1. The SMILES string of the molecule is O=C(Cn1ccnc(NCC(F)(F)c2cccc[n+]2[O-])c1=O)NCC(F)(F)c1cccc[n+]1[O-]. The lowest BCUT2D eigenvalue weighted by Gasteiger charge is -2.17. The van der Waals surface area contributed by atoms with Gasteiger partial charge in [0.05, 0.1) is 13.1 Å². The maximum atomic E-state index is 14.3. The first-order valence-electron chi connectivity index (χ1n) is 9.70. The van der Waals surface area contributed by atoms with Crippen LogP contribution in [0.1, 0.15) is 11.4 Å². The lowest BCUT2D eigenvalue weighted by atomic mass is 10.2. The molecule has 0 bridgehead atoms. The quantitative estimate of drug-likeness (QED) is 0.261. The number of carbonyl (C=O) groups is 1. The van der Waals surface area contributed by atoms with Crippen LogP contribution in [0.5, 0.6) is 0 Å². The highest BCUT2D eigenvalue weighted by Crippen LogP contribution is 2.25. The molecule has 0 spiro atoms. The Morgan fingerprint density at radius 3 is 2.09 bits per heavy atom. The second kappa shape index (κ2) is 9.72. The van der Waals surface area contributed by atoms with Gasteiger partial charge >= 0.3 is 11.8 Å². The molecule has 0 aliphatic rings. The van der Waals surface area contributed by atoms with Crippen molar-refractivity contribution in [2.75, 3.05) is 18.4 Å². The summed E-state index contributed by atoms with van der Waals surface area (Å²) in [5, 5.41) is 27.2. The molecule has 0 atom stereocenters. The summed E-state index contributed by atoms with van der Waals surface area (Å²) in [6, 6.07) is 6.86. The van der Waals surface area contributed by atoms with E-state index in [9.17, 15) is 37.6 Å². The summed E-state index contributed by atoms with van der Waals surface area (Å²) in [7, 11) is 0.